The third kappa shape index (κ3) is 6.16. The number of ether oxygens (including phenoxy) is 2. The Hall–Kier alpha value is -2.73. The van der Waals surface area contributed by atoms with Gasteiger partial charge in [0.2, 0.25) is 0 Å². The fourth-order valence-electron chi connectivity index (χ4n) is 2.91. The van der Waals surface area contributed by atoms with Crippen LogP contribution in [0.25, 0.3) is 0 Å². The van der Waals surface area contributed by atoms with Crippen molar-refractivity contribution in [2.24, 2.45) is 0 Å². The first-order valence-electron chi connectivity index (χ1n) is 9.75. The van der Waals surface area contributed by atoms with E-state index in [1.165, 1.54) is 6.07 Å². The minimum Gasteiger partial charge on any atom is -0.466 e. The Morgan fingerprint density at radius 1 is 0.906 bits per heavy atom. The highest BCUT2D eigenvalue weighted by molar-refractivity contribution is 6.42. The molecule has 166 valence electrons. The monoisotopic (exact) mass is 491 g/mol. The van der Waals surface area contributed by atoms with Gasteiger partial charge in [0.25, 0.3) is 5.91 Å². The third-order valence-electron chi connectivity index (χ3n) is 4.51. The molecular weight excluding hydrogens is 473 g/mol. The van der Waals surface area contributed by atoms with Crippen molar-refractivity contribution < 1.29 is 19.1 Å². The van der Waals surface area contributed by atoms with Gasteiger partial charge in [-0.1, -0.05) is 40.9 Å². The van der Waals surface area contributed by atoms with Crippen molar-refractivity contribution >= 4 is 52.4 Å². The molecule has 0 bridgehead atoms. The standard InChI is InChI=1S/C24H20Cl3NO4/c1-3-31-23(29)12-15-4-9-22(20(27)11-15)32-17-6-8-21(14(2)10-17)28-24(30)16-5-7-18(25)19(26)13-16/h4-11,13H,3,12H2,1-2H3,(H,28,30). The second kappa shape index (κ2) is 10.7. The Balaban J connectivity index is 1.69. The molecule has 0 unspecified atom stereocenters. The summed E-state index contributed by atoms with van der Waals surface area (Å²) >= 11 is 18.2. The summed E-state index contributed by atoms with van der Waals surface area (Å²) in [7, 11) is 0. The maximum Gasteiger partial charge on any atom is 0.310 e. The van der Waals surface area contributed by atoms with E-state index in [2.05, 4.69) is 5.32 Å². The molecule has 0 aliphatic heterocycles. The van der Waals surface area contributed by atoms with Crippen molar-refractivity contribution in [3.63, 3.8) is 0 Å². The van der Waals surface area contributed by atoms with Gasteiger partial charge in [0.15, 0.2) is 0 Å². The van der Waals surface area contributed by atoms with Crippen LogP contribution in [-0.2, 0) is 16.0 Å². The molecule has 0 aliphatic rings. The quantitative estimate of drug-likeness (QED) is 0.357. The molecule has 3 rings (SSSR count). The zero-order valence-electron chi connectivity index (χ0n) is 17.4. The first-order chi connectivity index (χ1) is 15.3. The molecule has 0 atom stereocenters. The predicted octanol–water partition coefficient (Wildman–Crippen LogP) is 7.11. The van der Waals surface area contributed by atoms with Crippen LogP contribution in [0.4, 0.5) is 5.69 Å². The van der Waals surface area contributed by atoms with E-state index in [9.17, 15) is 9.59 Å². The van der Waals surface area contributed by atoms with Crippen LogP contribution in [0, 0.1) is 6.92 Å². The highest BCUT2D eigenvalue weighted by atomic mass is 35.5. The Kier molecular flexibility index (Phi) is 8.02. The molecule has 0 saturated carbocycles. The maximum atomic E-state index is 12.5. The van der Waals surface area contributed by atoms with Crippen molar-refractivity contribution in [1.82, 2.24) is 0 Å². The smallest absolute Gasteiger partial charge is 0.310 e. The minimum absolute atomic E-state index is 0.139. The number of hydrogen-bond acceptors (Lipinski definition) is 4. The van der Waals surface area contributed by atoms with E-state index in [1.807, 2.05) is 6.92 Å². The van der Waals surface area contributed by atoms with Gasteiger partial charge in [-0.3, -0.25) is 9.59 Å². The molecule has 0 spiro atoms. The molecule has 0 fully saturated rings. The molecular formula is C24H20Cl3NO4. The van der Waals surface area contributed by atoms with Crippen molar-refractivity contribution in [2.75, 3.05) is 11.9 Å². The average Bonchev–Trinajstić information content (AvgIpc) is 2.74. The summed E-state index contributed by atoms with van der Waals surface area (Å²) in [5.41, 5.74) is 2.56. The number of nitrogens with one attached hydrogen (secondary N) is 1. The fraction of sp³-hybridized carbons (Fsp3) is 0.167. The molecule has 0 aliphatic carbocycles. The fourth-order valence-corrected chi connectivity index (χ4v) is 3.45. The number of benzene rings is 3. The van der Waals surface area contributed by atoms with Gasteiger partial charge in [-0.15, -0.1) is 0 Å². The van der Waals surface area contributed by atoms with Crippen LogP contribution >= 0.6 is 34.8 Å². The van der Waals surface area contributed by atoms with Crippen LogP contribution in [0.15, 0.2) is 54.6 Å². The van der Waals surface area contributed by atoms with E-state index in [0.717, 1.165) is 11.1 Å². The zero-order chi connectivity index (χ0) is 23.3. The summed E-state index contributed by atoms with van der Waals surface area (Å²) in [6, 6.07) is 15.1. The number of anilines is 1. The minimum atomic E-state index is -0.314. The lowest BCUT2D eigenvalue weighted by molar-refractivity contribution is -0.142. The number of halogens is 3. The first kappa shape index (κ1) is 23.9. The molecule has 32 heavy (non-hydrogen) atoms. The van der Waals surface area contributed by atoms with Crippen LogP contribution in [0.3, 0.4) is 0 Å². The Morgan fingerprint density at radius 3 is 2.34 bits per heavy atom. The number of esters is 1. The van der Waals surface area contributed by atoms with Crippen LogP contribution in [0.2, 0.25) is 15.1 Å². The Morgan fingerprint density at radius 2 is 1.69 bits per heavy atom. The zero-order valence-corrected chi connectivity index (χ0v) is 19.6. The average molecular weight is 493 g/mol. The van der Waals surface area contributed by atoms with E-state index < -0.39 is 0 Å². The summed E-state index contributed by atoms with van der Waals surface area (Å²) in [5.74, 6) is 0.383. The van der Waals surface area contributed by atoms with Gasteiger partial charge in [-0.25, -0.2) is 0 Å². The van der Waals surface area contributed by atoms with Gasteiger partial charge in [0.05, 0.1) is 28.1 Å². The molecule has 3 aromatic carbocycles. The molecule has 5 nitrogen and oxygen atoms in total. The second-order valence-corrected chi connectivity index (χ2v) is 8.13. The number of aryl methyl sites for hydroxylation is 1. The van der Waals surface area contributed by atoms with Gasteiger partial charge in [-0.2, -0.15) is 0 Å². The normalized spacial score (nSPS) is 10.5. The van der Waals surface area contributed by atoms with Crippen molar-refractivity contribution in [3.8, 4) is 11.5 Å². The number of amides is 1. The SMILES string of the molecule is CCOC(=O)Cc1ccc(Oc2ccc(NC(=O)c3ccc(Cl)c(Cl)c3)c(C)c2)c(Cl)c1. The second-order valence-electron chi connectivity index (χ2n) is 6.91. The maximum absolute atomic E-state index is 12.5. The summed E-state index contributed by atoms with van der Waals surface area (Å²) in [6.07, 6.45) is 0.139. The molecule has 1 N–H and O–H groups in total. The number of hydrogen-bond donors (Lipinski definition) is 1. The Labute approximate surface area is 201 Å². The molecule has 3 aromatic rings. The van der Waals surface area contributed by atoms with Crippen LogP contribution < -0.4 is 10.1 Å². The van der Waals surface area contributed by atoms with E-state index in [-0.39, 0.29) is 18.3 Å². The molecule has 0 radical (unpaired) electrons. The van der Waals surface area contributed by atoms with Crippen LogP contribution in [0.1, 0.15) is 28.4 Å². The topological polar surface area (TPSA) is 64.6 Å². The molecule has 8 heteroatoms. The number of carbonyl (C=O) groups is 2. The van der Waals surface area contributed by atoms with Crippen molar-refractivity contribution in [3.05, 3.63) is 86.4 Å². The predicted molar refractivity (Wildman–Crippen MR) is 127 cm³/mol. The van der Waals surface area contributed by atoms with Gasteiger partial charge in [-0.05, 0) is 73.5 Å². The van der Waals surface area contributed by atoms with E-state index >= 15 is 0 Å². The van der Waals surface area contributed by atoms with E-state index in [4.69, 9.17) is 44.3 Å². The molecule has 0 heterocycles. The van der Waals surface area contributed by atoms with E-state index in [1.54, 1.807) is 55.5 Å². The van der Waals surface area contributed by atoms with Crippen molar-refractivity contribution in [2.45, 2.75) is 20.3 Å². The Bertz CT molecular complexity index is 1160. The molecule has 1 amide bonds. The van der Waals surface area contributed by atoms with Crippen molar-refractivity contribution in [1.29, 1.82) is 0 Å². The van der Waals surface area contributed by atoms with Crippen LogP contribution in [-0.4, -0.2) is 18.5 Å². The third-order valence-corrected chi connectivity index (χ3v) is 5.54. The van der Waals surface area contributed by atoms with Gasteiger partial charge in [0.1, 0.15) is 11.5 Å². The lowest BCUT2D eigenvalue weighted by Gasteiger charge is -2.13. The summed E-state index contributed by atoms with van der Waals surface area (Å²) in [5, 5.41) is 3.91. The highest BCUT2D eigenvalue weighted by Crippen LogP contribution is 2.32. The number of rotatable bonds is 7. The number of carbonyl (C=O) groups excluding carboxylic acids is 2. The first-order valence-corrected chi connectivity index (χ1v) is 10.9. The lowest BCUT2D eigenvalue weighted by Crippen LogP contribution is -2.12. The van der Waals surface area contributed by atoms with Gasteiger partial charge < -0.3 is 14.8 Å². The summed E-state index contributed by atoms with van der Waals surface area (Å²) in [4.78, 5) is 24.1. The largest absolute Gasteiger partial charge is 0.466 e. The van der Waals surface area contributed by atoms with E-state index in [0.29, 0.717) is 44.4 Å². The molecule has 0 aromatic heterocycles. The lowest BCUT2D eigenvalue weighted by atomic mass is 10.1. The molecule has 0 saturated heterocycles. The van der Waals surface area contributed by atoms with Gasteiger partial charge in [0, 0.05) is 11.3 Å². The summed E-state index contributed by atoms with van der Waals surface area (Å²) < 4.78 is 10.8. The summed E-state index contributed by atoms with van der Waals surface area (Å²) in [6.45, 7) is 3.94. The van der Waals surface area contributed by atoms with Crippen LogP contribution in [0.5, 0.6) is 11.5 Å². The van der Waals surface area contributed by atoms with Gasteiger partial charge >= 0.3 is 5.97 Å². The highest BCUT2D eigenvalue weighted by Gasteiger charge is 2.12.